The number of benzene rings is 1. The third-order valence-corrected chi connectivity index (χ3v) is 2.64. The smallest absolute Gasteiger partial charge is 0.237 e. The van der Waals surface area contributed by atoms with Crippen LogP contribution in [0.3, 0.4) is 0 Å². The summed E-state index contributed by atoms with van der Waals surface area (Å²) in [6.45, 7) is 2.64. The Morgan fingerprint density at radius 3 is 2.78 bits per heavy atom. The Morgan fingerprint density at radius 2 is 2.11 bits per heavy atom. The molecule has 0 fully saturated rings. The normalized spacial score (nSPS) is 10.4. The zero-order valence-corrected chi connectivity index (χ0v) is 11.0. The number of nitrogens with one attached hydrogen (secondary N) is 1. The molecular weight excluding hydrogens is 250 g/mol. The van der Waals surface area contributed by atoms with Crippen LogP contribution in [0.1, 0.15) is 11.3 Å². The molecule has 0 atom stereocenters. The van der Waals surface area contributed by atoms with Gasteiger partial charge in [-0.3, -0.25) is 4.98 Å². The summed E-state index contributed by atoms with van der Waals surface area (Å²) in [4.78, 5) is 8.43. The fourth-order valence-corrected chi connectivity index (χ4v) is 1.63. The van der Waals surface area contributed by atoms with Crippen molar-refractivity contribution in [3.8, 4) is 11.6 Å². The molecule has 94 valence electrons. The van der Waals surface area contributed by atoms with Crippen molar-refractivity contribution in [3.63, 3.8) is 0 Å². The van der Waals surface area contributed by atoms with E-state index in [-0.39, 0.29) is 0 Å². The minimum Gasteiger partial charge on any atom is -0.437 e. The number of rotatable bonds is 4. The van der Waals surface area contributed by atoms with E-state index in [1.807, 2.05) is 26.1 Å². The van der Waals surface area contributed by atoms with Crippen molar-refractivity contribution in [2.24, 2.45) is 0 Å². The average Bonchev–Trinajstić information content (AvgIpc) is 2.37. The lowest BCUT2D eigenvalue weighted by Crippen LogP contribution is -2.07. The first kappa shape index (κ1) is 12.8. The zero-order chi connectivity index (χ0) is 13.0. The Bertz CT molecular complexity index is 528. The van der Waals surface area contributed by atoms with Gasteiger partial charge in [0.1, 0.15) is 5.75 Å². The number of aromatic nitrogens is 2. The van der Waals surface area contributed by atoms with Crippen LogP contribution in [-0.2, 0) is 6.54 Å². The highest BCUT2D eigenvalue weighted by atomic mass is 35.5. The molecule has 0 amide bonds. The minimum absolute atomic E-state index is 0.459. The SMILES string of the molecule is CNCc1cnc(Oc2cc(Cl)ccc2C)cn1. The fraction of sp³-hybridized carbons (Fsp3) is 0.231. The summed E-state index contributed by atoms with van der Waals surface area (Å²) in [5.74, 6) is 1.15. The molecule has 0 saturated carbocycles. The maximum Gasteiger partial charge on any atom is 0.237 e. The molecule has 0 unspecified atom stereocenters. The number of nitrogens with zero attached hydrogens (tertiary/aromatic N) is 2. The first-order chi connectivity index (χ1) is 8.69. The van der Waals surface area contributed by atoms with Crippen LogP contribution in [0.5, 0.6) is 11.6 Å². The number of aryl methyl sites for hydroxylation is 1. The lowest BCUT2D eigenvalue weighted by molar-refractivity contribution is 0.455. The second-order valence-electron chi connectivity index (χ2n) is 3.89. The summed E-state index contributed by atoms with van der Waals surface area (Å²) in [5.41, 5.74) is 1.87. The van der Waals surface area contributed by atoms with Gasteiger partial charge in [-0.15, -0.1) is 0 Å². The van der Waals surface area contributed by atoms with Gasteiger partial charge in [-0.1, -0.05) is 17.7 Å². The first-order valence-electron chi connectivity index (χ1n) is 5.58. The van der Waals surface area contributed by atoms with E-state index < -0.39 is 0 Å². The molecule has 18 heavy (non-hydrogen) atoms. The van der Waals surface area contributed by atoms with Crippen LogP contribution in [0, 0.1) is 6.92 Å². The van der Waals surface area contributed by atoms with E-state index in [0.29, 0.717) is 23.2 Å². The Kier molecular flexibility index (Phi) is 4.12. The molecule has 0 aliphatic carbocycles. The summed E-state index contributed by atoms with van der Waals surface area (Å²) >= 11 is 5.93. The summed E-state index contributed by atoms with van der Waals surface area (Å²) in [6.07, 6.45) is 3.29. The monoisotopic (exact) mass is 263 g/mol. The summed E-state index contributed by atoms with van der Waals surface area (Å²) in [5, 5.41) is 3.64. The fourth-order valence-electron chi connectivity index (χ4n) is 1.46. The number of halogens is 1. The molecule has 2 aromatic rings. The topological polar surface area (TPSA) is 47.0 Å². The van der Waals surface area contributed by atoms with E-state index in [1.54, 1.807) is 18.5 Å². The van der Waals surface area contributed by atoms with Crippen LogP contribution in [0.15, 0.2) is 30.6 Å². The largest absolute Gasteiger partial charge is 0.437 e. The molecule has 0 aliphatic rings. The van der Waals surface area contributed by atoms with Crippen LogP contribution in [0.25, 0.3) is 0 Å². The first-order valence-corrected chi connectivity index (χ1v) is 5.96. The van der Waals surface area contributed by atoms with Gasteiger partial charge >= 0.3 is 0 Å². The van der Waals surface area contributed by atoms with Crippen molar-refractivity contribution in [2.45, 2.75) is 13.5 Å². The molecule has 0 bridgehead atoms. The quantitative estimate of drug-likeness (QED) is 0.921. The van der Waals surface area contributed by atoms with Crippen LogP contribution in [-0.4, -0.2) is 17.0 Å². The highest BCUT2D eigenvalue weighted by Gasteiger charge is 2.04. The van der Waals surface area contributed by atoms with Crippen LogP contribution in [0.2, 0.25) is 5.02 Å². The molecule has 0 spiro atoms. The maximum absolute atomic E-state index is 5.93. The van der Waals surface area contributed by atoms with Crippen molar-refractivity contribution in [1.82, 2.24) is 15.3 Å². The van der Waals surface area contributed by atoms with Gasteiger partial charge < -0.3 is 10.1 Å². The average molecular weight is 264 g/mol. The van der Waals surface area contributed by atoms with E-state index in [0.717, 1.165) is 11.3 Å². The standard InChI is InChI=1S/C13H14ClN3O/c1-9-3-4-10(14)5-12(9)18-13-8-16-11(6-15-2)7-17-13/h3-5,7-8,15H,6H2,1-2H3. The van der Waals surface area contributed by atoms with Gasteiger partial charge in [-0.05, 0) is 31.7 Å². The lowest BCUT2D eigenvalue weighted by Gasteiger charge is -2.08. The van der Waals surface area contributed by atoms with Gasteiger partial charge in [0, 0.05) is 11.6 Å². The maximum atomic E-state index is 5.93. The van der Waals surface area contributed by atoms with Crippen LogP contribution < -0.4 is 10.1 Å². The van der Waals surface area contributed by atoms with Crippen molar-refractivity contribution >= 4 is 11.6 Å². The molecule has 4 nitrogen and oxygen atoms in total. The third kappa shape index (κ3) is 3.18. The molecular formula is C13H14ClN3O. The molecule has 1 heterocycles. The molecule has 1 aromatic heterocycles. The third-order valence-electron chi connectivity index (χ3n) is 2.40. The molecule has 0 radical (unpaired) electrons. The van der Waals surface area contributed by atoms with E-state index in [4.69, 9.17) is 16.3 Å². The number of hydrogen-bond donors (Lipinski definition) is 1. The molecule has 1 N–H and O–H groups in total. The van der Waals surface area contributed by atoms with Crippen molar-refractivity contribution in [3.05, 3.63) is 46.9 Å². The molecule has 0 aliphatic heterocycles. The lowest BCUT2D eigenvalue weighted by atomic mass is 10.2. The second-order valence-corrected chi connectivity index (χ2v) is 4.32. The predicted octanol–water partition coefficient (Wildman–Crippen LogP) is 2.95. The van der Waals surface area contributed by atoms with Gasteiger partial charge in [0.25, 0.3) is 0 Å². The number of ether oxygens (including phenoxy) is 1. The van der Waals surface area contributed by atoms with E-state index in [9.17, 15) is 0 Å². The van der Waals surface area contributed by atoms with E-state index >= 15 is 0 Å². The van der Waals surface area contributed by atoms with Gasteiger partial charge in [0.05, 0.1) is 18.1 Å². The van der Waals surface area contributed by atoms with Gasteiger partial charge in [0.2, 0.25) is 5.88 Å². The van der Waals surface area contributed by atoms with Crippen molar-refractivity contribution in [2.75, 3.05) is 7.05 Å². The second kappa shape index (κ2) is 5.80. The van der Waals surface area contributed by atoms with Gasteiger partial charge in [0.15, 0.2) is 0 Å². The van der Waals surface area contributed by atoms with Crippen LogP contribution in [0.4, 0.5) is 0 Å². The molecule has 5 heteroatoms. The zero-order valence-electron chi connectivity index (χ0n) is 10.3. The highest BCUT2D eigenvalue weighted by Crippen LogP contribution is 2.26. The highest BCUT2D eigenvalue weighted by molar-refractivity contribution is 6.30. The van der Waals surface area contributed by atoms with Crippen LogP contribution >= 0.6 is 11.6 Å². The van der Waals surface area contributed by atoms with Gasteiger partial charge in [-0.25, -0.2) is 4.98 Å². The van der Waals surface area contributed by atoms with E-state index in [1.165, 1.54) is 0 Å². The number of hydrogen-bond acceptors (Lipinski definition) is 4. The Labute approximate surface area is 111 Å². The Balaban J connectivity index is 2.15. The van der Waals surface area contributed by atoms with Crippen molar-refractivity contribution in [1.29, 1.82) is 0 Å². The minimum atomic E-state index is 0.459. The Morgan fingerprint density at radius 1 is 1.28 bits per heavy atom. The molecule has 2 rings (SSSR count). The summed E-state index contributed by atoms with van der Waals surface area (Å²) in [7, 11) is 1.86. The predicted molar refractivity (Wildman–Crippen MR) is 71.1 cm³/mol. The summed E-state index contributed by atoms with van der Waals surface area (Å²) in [6, 6.07) is 5.49. The van der Waals surface area contributed by atoms with Crippen molar-refractivity contribution < 1.29 is 4.74 Å². The summed E-state index contributed by atoms with van der Waals surface area (Å²) < 4.78 is 5.64. The Hall–Kier alpha value is -1.65. The molecule has 1 aromatic carbocycles. The van der Waals surface area contributed by atoms with Gasteiger partial charge in [-0.2, -0.15) is 0 Å². The van der Waals surface area contributed by atoms with E-state index in [2.05, 4.69) is 15.3 Å². The molecule has 0 saturated heterocycles.